The Balaban J connectivity index is 2.38. The van der Waals surface area contributed by atoms with Crippen LogP contribution in [0.1, 0.15) is 73.8 Å². The summed E-state index contributed by atoms with van der Waals surface area (Å²) in [6, 6.07) is 4.42. The lowest BCUT2D eigenvalue weighted by molar-refractivity contribution is 0.556. The quantitative estimate of drug-likeness (QED) is 0.476. The van der Waals surface area contributed by atoms with E-state index < -0.39 is 0 Å². The summed E-state index contributed by atoms with van der Waals surface area (Å²) < 4.78 is 0.678. The van der Waals surface area contributed by atoms with Crippen LogP contribution in [-0.2, 0) is 12.8 Å². The molecule has 4 heteroatoms. The number of pyridine rings is 1. The molecule has 1 aliphatic rings. The second-order valence-corrected chi connectivity index (χ2v) is 6.65. The SMILES string of the molecule is N#Cc1c(I)nc2c(c1C#N)CCCCCCCCCC2. The van der Waals surface area contributed by atoms with Crippen molar-refractivity contribution in [3.05, 3.63) is 26.1 Å². The third-order valence-corrected chi connectivity index (χ3v) is 4.93. The molecule has 0 radical (unpaired) electrons. The molecule has 0 aliphatic heterocycles. The van der Waals surface area contributed by atoms with E-state index in [4.69, 9.17) is 0 Å². The molecule has 0 spiro atoms. The van der Waals surface area contributed by atoms with Crippen molar-refractivity contribution in [1.82, 2.24) is 4.98 Å². The molecule has 21 heavy (non-hydrogen) atoms. The number of fused-ring (bicyclic) bond motifs is 1. The van der Waals surface area contributed by atoms with Gasteiger partial charge in [0.05, 0.1) is 5.56 Å². The first-order valence-corrected chi connectivity index (χ1v) is 8.87. The van der Waals surface area contributed by atoms with Crippen molar-refractivity contribution in [3.8, 4) is 12.1 Å². The molecule has 110 valence electrons. The Hall–Kier alpha value is -1.14. The fraction of sp³-hybridized carbons (Fsp3) is 0.588. The molecule has 0 unspecified atom stereocenters. The number of halogens is 1. The number of aromatic nitrogens is 1. The first-order chi connectivity index (χ1) is 10.3. The fourth-order valence-electron chi connectivity index (χ4n) is 3.00. The van der Waals surface area contributed by atoms with Gasteiger partial charge in [-0.3, -0.25) is 0 Å². The maximum atomic E-state index is 9.49. The highest BCUT2D eigenvalue weighted by Gasteiger charge is 2.18. The van der Waals surface area contributed by atoms with Gasteiger partial charge in [0.15, 0.2) is 0 Å². The number of rotatable bonds is 0. The van der Waals surface area contributed by atoms with Crippen LogP contribution in [0.3, 0.4) is 0 Å². The monoisotopic (exact) mass is 393 g/mol. The zero-order chi connectivity index (χ0) is 15.1. The van der Waals surface area contributed by atoms with E-state index in [0.29, 0.717) is 14.8 Å². The predicted molar refractivity (Wildman–Crippen MR) is 90.7 cm³/mol. The molecule has 1 heterocycles. The molecule has 0 saturated heterocycles. The van der Waals surface area contributed by atoms with Gasteiger partial charge in [0.25, 0.3) is 0 Å². The van der Waals surface area contributed by atoms with Crippen LogP contribution in [-0.4, -0.2) is 4.98 Å². The average Bonchev–Trinajstić information content (AvgIpc) is 2.48. The van der Waals surface area contributed by atoms with Crippen molar-refractivity contribution in [3.63, 3.8) is 0 Å². The fourth-order valence-corrected chi connectivity index (χ4v) is 3.68. The Bertz CT molecular complexity index is 581. The number of nitrogens with zero attached hydrogens (tertiary/aromatic N) is 3. The maximum absolute atomic E-state index is 9.49. The van der Waals surface area contributed by atoms with Crippen LogP contribution < -0.4 is 0 Å². The Labute approximate surface area is 140 Å². The largest absolute Gasteiger partial charge is 0.245 e. The minimum atomic E-state index is 0.462. The van der Waals surface area contributed by atoms with Crippen LogP contribution in [0.4, 0.5) is 0 Å². The predicted octanol–water partition coefficient (Wildman–Crippen LogP) is 4.65. The van der Waals surface area contributed by atoms with Gasteiger partial charge < -0.3 is 0 Å². The minimum absolute atomic E-state index is 0.462. The van der Waals surface area contributed by atoms with Gasteiger partial charge in [0.2, 0.25) is 0 Å². The number of hydrogen-bond acceptors (Lipinski definition) is 3. The van der Waals surface area contributed by atoms with Crippen molar-refractivity contribution < 1.29 is 0 Å². The molecule has 2 rings (SSSR count). The van der Waals surface area contributed by atoms with Crippen LogP contribution in [0.5, 0.6) is 0 Å². The van der Waals surface area contributed by atoms with Gasteiger partial charge in [-0.25, -0.2) is 4.98 Å². The second-order valence-electron chi connectivity index (χ2n) is 5.63. The minimum Gasteiger partial charge on any atom is -0.245 e. The molecule has 1 aliphatic carbocycles. The van der Waals surface area contributed by atoms with Gasteiger partial charge in [-0.2, -0.15) is 10.5 Å². The van der Waals surface area contributed by atoms with E-state index in [1.165, 1.54) is 38.5 Å². The van der Waals surface area contributed by atoms with E-state index in [1.807, 2.05) is 0 Å². The van der Waals surface area contributed by atoms with Crippen molar-refractivity contribution in [2.24, 2.45) is 0 Å². The van der Waals surface area contributed by atoms with Gasteiger partial charge in [-0.1, -0.05) is 38.5 Å². The molecular formula is C17H20IN3. The number of hydrogen-bond donors (Lipinski definition) is 0. The summed E-state index contributed by atoms with van der Waals surface area (Å²) in [5.41, 5.74) is 3.12. The highest BCUT2D eigenvalue weighted by molar-refractivity contribution is 14.1. The third kappa shape index (κ3) is 4.17. The van der Waals surface area contributed by atoms with Crippen molar-refractivity contribution >= 4 is 22.6 Å². The van der Waals surface area contributed by atoms with Crippen molar-refractivity contribution in [1.29, 1.82) is 10.5 Å². The van der Waals surface area contributed by atoms with Crippen LogP contribution in [0.15, 0.2) is 0 Å². The summed E-state index contributed by atoms with van der Waals surface area (Å²) in [5, 5.41) is 18.8. The van der Waals surface area contributed by atoms with E-state index in [9.17, 15) is 10.5 Å². The maximum Gasteiger partial charge on any atom is 0.120 e. The number of aryl methyl sites for hydroxylation is 1. The van der Waals surface area contributed by atoms with Gasteiger partial charge >= 0.3 is 0 Å². The van der Waals surface area contributed by atoms with Gasteiger partial charge in [0, 0.05) is 5.69 Å². The van der Waals surface area contributed by atoms with E-state index in [1.54, 1.807) is 0 Å². The molecule has 0 saturated carbocycles. The summed E-state index contributed by atoms with van der Waals surface area (Å²) in [7, 11) is 0. The lowest BCUT2D eigenvalue weighted by Crippen LogP contribution is -2.08. The molecule has 0 fully saturated rings. The first-order valence-electron chi connectivity index (χ1n) is 7.79. The normalized spacial score (nSPS) is 16.7. The van der Waals surface area contributed by atoms with Crippen molar-refractivity contribution in [2.45, 2.75) is 64.2 Å². The molecule has 0 atom stereocenters. The van der Waals surface area contributed by atoms with E-state index in [0.717, 1.165) is 36.9 Å². The van der Waals surface area contributed by atoms with Crippen LogP contribution in [0.25, 0.3) is 0 Å². The molecular weight excluding hydrogens is 373 g/mol. The van der Waals surface area contributed by atoms with Crippen LogP contribution in [0, 0.1) is 26.4 Å². The van der Waals surface area contributed by atoms with E-state index in [-0.39, 0.29) is 0 Å². The van der Waals surface area contributed by atoms with Crippen molar-refractivity contribution in [2.75, 3.05) is 0 Å². The van der Waals surface area contributed by atoms with Gasteiger partial charge in [-0.05, 0) is 53.8 Å². The van der Waals surface area contributed by atoms with E-state index in [2.05, 4.69) is 39.7 Å². The van der Waals surface area contributed by atoms with Crippen LogP contribution in [0.2, 0.25) is 0 Å². The molecule has 1 aromatic heterocycles. The summed E-state index contributed by atoms with van der Waals surface area (Å²) in [5.74, 6) is 0. The zero-order valence-electron chi connectivity index (χ0n) is 12.3. The lowest BCUT2D eigenvalue weighted by Gasteiger charge is -2.14. The lowest BCUT2D eigenvalue weighted by atomic mass is 9.93. The molecule has 0 bridgehead atoms. The van der Waals surface area contributed by atoms with E-state index >= 15 is 0 Å². The summed E-state index contributed by atoms with van der Waals surface area (Å²) >= 11 is 2.08. The Kier molecular flexibility index (Phi) is 6.45. The Morgan fingerprint density at radius 3 is 1.86 bits per heavy atom. The smallest absolute Gasteiger partial charge is 0.120 e. The van der Waals surface area contributed by atoms with Crippen LogP contribution >= 0.6 is 22.6 Å². The topological polar surface area (TPSA) is 60.5 Å². The highest BCUT2D eigenvalue weighted by Crippen LogP contribution is 2.25. The standard InChI is InChI=1S/C17H20IN3/c18-17-15(12-20)14(11-19)13-9-7-5-3-1-2-4-6-8-10-16(13)21-17/h1-10H2. The summed E-state index contributed by atoms with van der Waals surface area (Å²) in [6.45, 7) is 0. The molecule has 0 amide bonds. The second kappa shape index (κ2) is 8.34. The first kappa shape index (κ1) is 16.2. The Morgan fingerprint density at radius 2 is 1.29 bits per heavy atom. The molecule has 3 nitrogen and oxygen atoms in total. The highest BCUT2D eigenvalue weighted by atomic mass is 127. The summed E-state index contributed by atoms with van der Waals surface area (Å²) in [4.78, 5) is 4.63. The third-order valence-electron chi connectivity index (χ3n) is 4.15. The van der Waals surface area contributed by atoms with Gasteiger partial charge in [0.1, 0.15) is 21.4 Å². The molecule has 0 N–H and O–H groups in total. The zero-order valence-corrected chi connectivity index (χ0v) is 14.4. The average molecular weight is 393 g/mol. The molecule has 1 aromatic rings. The summed E-state index contributed by atoms with van der Waals surface area (Å²) in [6.07, 6.45) is 11.7. The van der Waals surface area contributed by atoms with Gasteiger partial charge in [-0.15, -0.1) is 0 Å². The Morgan fingerprint density at radius 1 is 0.762 bits per heavy atom. The number of nitriles is 2. The molecule has 0 aromatic carbocycles.